The Morgan fingerprint density at radius 1 is 1.09 bits per heavy atom. The highest BCUT2D eigenvalue weighted by Crippen LogP contribution is 2.25. The summed E-state index contributed by atoms with van der Waals surface area (Å²) in [6.45, 7) is 2.07. The SMILES string of the molecule is CCOC(=O)c1ccc(C(=O)Nc2nc3ccccc3s2)cc1. The van der Waals surface area contributed by atoms with Gasteiger partial charge < -0.3 is 4.74 Å². The zero-order chi connectivity index (χ0) is 16.2. The highest BCUT2D eigenvalue weighted by Gasteiger charge is 2.11. The molecule has 1 aromatic heterocycles. The average molecular weight is 326 g/mol. The zero-order valence-electron chi connectivity index (χ0n) is 12.4. The van der Waals surface area contributed by atoms with E-state index in [4.69, 9.17) is 4.74 Å². The molecule has 0 fully saturated rings. The minimum absolute atomic E-state index is 0.264. The molecule has 116 valence electrons. The third-order valence-corrected chi connectivity index (χ3v) is 4.12. The molecule has 0 aliphatic rings. The van der Waals surface area contributed by atoms with Crippen molar-refractivity contribution in [1.82, 2.24) is 4.98 Å². The van der Waals surface area contributed by atoms with Crippen molar-refractivity contribution in [2.75, 3.05) is 11.9 Å². The molecule has 23 heavy (non-hydrogen) atoms. The number of aromatic nitrogens is 1. The highest BCUT2D eigenvalue weighted by atomic mass is 32.1. The number of ether oxygens (including phenoxy) is 1. The first-order chi connectivity index (χ1) is 11.2. The van der Waals surface area contributed by atoms with Crippen molar-refractivity contribution in [3.63, 3.8) is 0 Å². The Morgan fingerprint density at radius 3 is 2.48 bits per heavy atom. The smallest absolute Gasteiger partial charge is 0.338 e. The predicted octanol–water partition coefficient (Wildman–Crippen LogP) is 3.73. The molecular formula is C17H14N2O3S. The van der Waals surface area contributed by atoms with E-state index in [1.165, 1.54) is 11.3 Å². The summed E-state index contributed by atoms with van der Waals surface area (Å²) >= 11 is 1.42. The minimum Gasteiger partial charge on any atom is -0.462 e. The molecule has 3 rings (SSSR count). The largest absolute Gasteiger partial charge is 0.462 e. The fraction of sp³-hybridized carbons (Fsp3) is 0.118. The molecule has 2 aromatic carbocycles. The Kier molecular flexibility index (Phi) is 4.34. The summed E-state index contributed by atoms with van der Waals surface area (Å²) in [6, 6.07) is 14.0. The lowest BCUT2D eigenvalue weighted by Gasteiger charge is -2.04. The fourth-order valence-corrected chi connectivity index (χ4v) is 2.93. The van der Waals surface area contributed by atoms with Gasteiger partial charge in [-0.25, -0.2) is 9.78 Å². The van der Waals surface area contributed by atoms with E-state index in [2.05, 4.69) is 10.3 Å². The molecule has 6 heteroatoms. The number of nitrogens with one attached hydrogen (secondary N) is 1. The highest BCUT2D eigenvalue weighted by molar-refractivity contribution is 7.22. The van der Waals surface area contributed by atoms with Crippen LogP contribution in [0.5, 0.6) is 0 Å². The molecule has 0 saturated heterocycles. The van der Waals surface area contributed by atoms with Gasteiger partial charge in [-0.3, -0.25) is 10.1 Å². The molecule has 0 atom stereocenters. The van der Waals surface area contributed by atoms with Crippen molar-refractivity contribution in [3.8, 4) is 0 Å². The summed E-state index contributed by atoms with van der Waals surface area (Å²) in [5, 5.41) is 3.32. The summed E-state index contributed by atoms with van der Waals surface area (Å²) in [7, 11) is 0. The predicted molar refractivity (Wildman–Crippen MR) is 90.0 cm³/mol. The quantitative estimate of drug-likeness (QED) is 0.742. The van der Waals surface area contributed by atoms with Crippen molar-refractivity contribution in [2.24, 2.45) is 0 Å². The number of nitrogens with zero attached hydrogens (tertiary/aromatic N) is 1. The molecule has 0 spiro atoms. The number of hydrogen-bond donors (Lipinski definition) is 1. The van der Waals surface area contributed by atoms with E-state index >= 15 is 0 Å². The molecule has 0 radical (unpaired) electrons. The maximum atomic E-state index is 12.2. The lowest BCUT2D eigenvalue weighted by Crippen LogP contribution is -2.12. The fourth-order valence-electron chi connectivity index (χ4n) is 2.07. The van der Waals surface area contributed by atoms with Gasteiger partial charge in [0.25, 0.3) is 5.91 Å². The lowest BCUT2D eigenvalue weighted by atomic mass is 10.1. The average Bonchev–Trinajstić information content (AvgIpc) is 2.97. The van der Waals surface area contributed by atoms with Crippen molar-refractivity contribution >= 4 is 38.6 Å². The van der Waals surface area contributed by atoms with Gasteiger partial charge in [0.1, 0.15) is 0 Å². The maximum Gasteiger partial charge on any atom is 0.338 e. The number of esters is 1. The molecule has 0 bridgehead atoms. The van der Waals surface area contributed by atoms with E-state index in [1.54, 1.807) is 31.2 Å². The van der Waals surface area contributed by atoms with E-state index in [0.29, 0.717) is 22.9 Å². The van der Waals surface area contributed by atoms with Crippen LogP contribution >= 0.6 is 11.3 Å². The topological polar surface area (TPSA) is 68.3 Å². The summed E-state index contributed by atoms with van der Waals surface area (Å²) in [5.41, 5.74) is 1.73. The second kappa shape index (κ2) is 6.58. The summed E-state index contributed by atoms with van der Waals surface area (Å²) in [6.07, 6.45) is 0. The number of carbonyl (C=O) groups excluding carboxylic acids is 2. The molecule has 1 amide bonds. The molecule has 1 N–H and O–H groups in total. The number of benzene rings is 2. The third-order valence-electron chi connectivity index (χ3n) is 3.17. The Balaban J connectivity index is 1.73. The second-order valence-corrected chi connectivity index (χ2v) is 5.77. The van der Waals surface area contributed by atoms with E-state index in [0.717, 1.165) is 10.2 Å². The molecule has 1 heterocycles. The first kappa shape index (κ1) is 15.2. The molecule has 3 aromatic rings. The number of para-hydroxylation sites is 1. The van der Waals surface area contributed by atoms with Crippen LogP contribution in [0.25, 0.3) is 10.2 Å². The van der Waals surface area contributed by atoms with Crippen LogP contribution in [-0.4, -0.2) is 23.5 Å². The number of amides is 1. The van der Waals surface area contributed by atoms with Gasteiger partial charge in [-0.05, 0) is 43.3 Å². The van der Waals surface area contributed by atoms with Gasteiger partial charge in [0.05, 0.1) is 22.4 Å². The van der Waals surface area contributed by atoms with Crippen molar-refractivity contribution in [2.45, 2.75) is 6.92 Å². The Bertz CT molecular complexity index is 823. The summed E-state index contributed by atoms with van der Waals surface area (Å²) < 4.78 is 5.92. The van der Waals surface area contributed by atoms with Crippen LogP contribution in [-0.2, 0) is 4.74 Å². The van der Waals surface area contributed by atoms with Crippen molar-refractivity contribution in [1.29, 1.82) is 0 Å². The van der Waals surface area contributed by atoms with Crippen LogP contribution in [0.2, 0.25) is 0 Å². The first-order valence-electron chi connectivity index (χ1n) is 7.11. The number of rotatable bonds is 4. The minimum atomic E-state index is -0.398. The third kappa shape index (κ3) is 3.37. The van der Waals surface area contributed by atoms with Crippen LogP contribution in [0.15, 0.2) is 48.5 Å². The van der Waals surface area contributed by atoms with Gasteiger partial charge in [0, 0.05) is 5.56 Å². The van der Waals surface area contributed by atoms with Crippen LogP contribution in [0.1, 0.15) is 27.6 Å². The van der Waals surface area contributed by atoms with Crippen molar-refractivity contribution in [3.05, 3.63) is 59.7 Å². The van der Waals surface area contributed by atoms with Crippen LogP contribution in [0, 0.1) is 0 Å². The van der Waals surface area contributed by atoms with Gasteiger partial charge in [-0.1, -0.05) is 23.5 Å². The van der Waals surface area contributed by atoms with E-state index in [-0.39, 0.29) is 5.91 Å². The number of hydrogen-bond acceptors (Lipinski definition) is 5. The van der Waals surface area contributed by atoms with Gasteiger partial charge >= 0.3 is 5.97 Å². The first-order valence-corrected chi connectivity index (χ1v) is 7.93. The Labute approximate surface area is 136 Å². The number of anilines is 1. The van der Waals surface area contributed by atoms with Gasteiger partial charge in [-0.2, -0.15) is 0 Å². The number of fused-ring (bicyclic) bond motifs is 1. The van der Waals surface area contributed by atoms with Crippen LogP contribution in [0.3, 0.4) is 0 Å². The Morgan fingerprint density at radius 2 is 1.78 bits per heavy atom. The monoisotopic (exact) mass is 326 g/mol. The zero-order valence-corrected chi connectivity index (χ0v) is 13.2. The standard InChI is InChI=1S/C17H14N2O3S/c1-2-22-16(21)12-9-7-11(8-10-12)15(20)19-17-18-13-5-3-4-6-14(13)23-17/h3-10H,2H2,1H3,(H,18,19,20). The summed E-state index contributed by atoms with van der Waals surface area (Å²) in [5.74, 6) is -0.662. The van der Waals surface area contributed by atoms with Crippen molar-refractivity contribution < 1.29 is 14.3 Å². The summed E-state index contributed by atoms with van der Waals surface area (Å²) in [4.78, 5) is 28.2. The molecule has 5 nitrogen and oxygen atoms in total. The lowest BCUT2D eigenvalue weighted by molar-refractivity contribution is 0.0526. The maximum absolute atomic E-state index is 12.2. The van der Waals surface area contributed by atoms with E-state index < -0.39 is 5.97 Å². The van der Waals surface area contributed by atoms with Gasteiger partial charge in [-0.15, -0.1) is 0 Å². The number of carbonyl (C=O) groups is 2. The van der Waals surface area contributed by atoms with Gasteiger partial charge in [0.2, 0.25) is 0 Å². The normalized spacial score (nSPS) is 10.5. The van der Waals surface area contributed by atoms with Gasteiger partial charge in [0.15, 0.2) is 5.13 Å². The molecule has 0 aliphatic heterocycles. The molecule has 0 aliphatic carbocycles. The second-order valence-electron chi connectivity index (χ2n) is 4.74. The molecular weight excluding hydrogens is 312 g/mol. The van der Waals surface area contributed by atoms with Crippen LogP contribution < -0.4 is 5.32 Å². The Hall–Kier alpha value is -2.73. The van der Waals surface area contributed by atoms with E-state index in [9.17, 15) is 9.59 Å². The number of thiazole rings is 1. The van der Waals surface area contributed by atoms with Crippen LogP contribution in [0.4, 0.5) is 5.13 Å². The van der Waals surface area contributed by atoms with E-state index in [1.807, 2.05) is 24.3 Å². The molecule has 0 saturated carbocycles. The molecule has 0 unspecified atom stereocenters.